The summed E-state index contributed by atoms with van der Waals surface area (Å²) in [7, 11) is 1.77. The van der Waals surface area contributed by atoms with Crippen LogP contribution in [0.5, 0.6) is 0 Å². The molecular weight excluding hydrogens is 217 g/mol. The summed E-state index contributed by atoms with van der Waals surface area (Å²) in [5.41, 5.74) is 2.26. The molecule has 1 N–H and O–H groups in total. The Morgan fingerprint density at radius 1 is 1.41 bits per heavy atom. The Labute approximate surface area is 102 Å². The number of benzene rings is 1. The molecule has 1 fully saturated rings. The van der Waals surface area contributed by atoms with Crippen molar-refractivity contribution in [1.29, 1.82) is 0 Å². The summed E-state index contributed by atoms with van der Waals surface area (Å²) >= 11 is 0. The van der Waals surface area contributed by atoms with Crippen LogP contribution < -0.4 is 5.32 Å². The Bertz CT molecular complexity index is 374. The molecule has 0 saturated heterocycles. The van der Waals surface area contributed by atoms with Gasteiger partial charge in [-0.3, -0.25) is 0 Å². The average molecular weight is 237 g/mol. The van der Waals surface area contributed by atoms with Gasteiger partial charge in [-0.15, -0.1) is 0 Å². The summed E-state index contributed by atoms with van der Waals surface area (Å²) < 4.78 is 18.1. The van der Waals surface area contributed by atoms with E-state index in [1.165, 1.54) is 11.6 Å². The molecule has 2 nitrogen and oxygen atoms in total. The van der Waals surface area contributed by atoms with Gasteiger partial charge in [0.05, 0.1) is 6.10 Å². The Kier molecular flexibility index (Phi) is 4.13. The van der Waals surface area contributed by atoms with Crippen molar-refractivity contribution >= 4 is 0 Å². The van der Waals surface area contributed by atoms with Gasteiger partial charge in [0, 0.05) is 13.2 Å². The van der Waals surface area contributed by atoms with E-state index in [4.69, 9.17) is 4.74 Å². The second-order valence-corrected chi connectivity index (χ2v) is 4.80. The fourth-order valence-corrected chi connectivity index (χ4v) is 2.28. The van der Waals surface area contributed by atoms with E-state index in [1.54, 1.807) is 13.2 Å². The van der Waals surface area contributed by atoms with Crippen LogP contribution in [0.2, 0.25) is 0 Å². The zero-order chi connectivity index (χ0) is 12.3. The molecule has 1 aromatic carbocycles. The van der Waals surface area contributed by atoms with Crippen LogP contribution in [0, 0.1) is 12.7 Å². The number of ether oxygens (including phenoxy) is 1. The minimum Gasteiger partial charge on any atom is -0.381 e. The van der Waals surface area contributed by atoms with Gasteiger partial charge in [-0.05, 0) is 56.0 Å². The van der Waals surface area contributed by atoms with Gasteiger partial charge in [0.2, 0.25) is 0 Å². The number of aryl methyl sites for hydroxylation is 1. The Balaban J connectivity index is 1.72. The van der Waals surface area contributed by atoms with Crippen LogP contribution in [0.25, 0.3) is 0 Å². The van der Waals surface area contributed by atoms with Crippen LogP contribution in [0.3, 0.4) is 0 Å². The summed E-state index contributed by atoms with van der Waals surface area (Å²) in [5, 5.41) is 3.50. The topological polar surface area (TPSA) is 21.3 Å². The minimum atomic E-state index is -0.152. The number of nitrogens with one attached hydrogen (secondary N) is 1. The summed E-state index contributed by atoms with van der Waals surface area (Å²) in [6, 6.07) is 5.61. The van der Waals surface area contributed by atoms with E-state index in [-0.39, 0.29) is 5.82 Å². The van der Waals surface area contributed by atoms with Crippen molar-refractivity contribution in [2.24, 2.45) is 0 Å². The molecule has 1 aliphatic rings. The molecule has 0 radical (unpaired) electrons. The number of rotatable bonds is 5. The van der Waals surface area contributed by atoms with Gasteiger partial charge in [0.1, 0.15) is 5.82 Å². The van der Waals surface area contributed by atoms with E-state index in [1.807, 2.05) is 13.0 Å². The third-order valence-electron chi connectivity index (χ3n) is 3.56. The van der Waals surface area contributed by atoms with E-state index in [9.17, 15) is 4.39 Å². The number of methoxy groups -OCH3 is 1. The lowest BCUT2D eigenvalue weighted by Gasteiger charge is -2.34. The first-order chi connectivity index (χ1) is 8.19. The molecule has 3 heteroatoms. The third kappa shape index (κ3) is 3.27. The maximum absolute atomic E-state index is 12.9. The third-order valence-corrected chi connectivity index (χ3v) is 3.56. The predicted octanol–water partition coefficient (Wildman–Crippen LogP) is 2.44. The fourth-order valence-electron chi connectivity index (χ4n) is 2.28. The molecule has 0 amide bonds. The molecule has 0 heterocycles. The highest BCUT2D eigenvalue weighted by Crippen LogP contribution is 2.22. The normalized spacial score (nSPS) is 23.5. The molecule has 2 rings (SSSR count). The molecular formula is C14H20FNO. The van der Waals surface area contributed by atoms with Gasteiger partial charge in [-0.2, -0.15) is 0 Å². The quantitative estimate of drug-likeness (QED) is 0.849. The van der Waals surface area contributed by atoms with Crippen molar-refractivity contribution in [2.75, 3.05) is 13.7 Å². The second-order valence-electron chi connectivity index (χ2n) is 4.80. The highest BCUT2D eigenvalue weighted by Gasteiger charge is 2.27. The number of hydrogen-bond donors (Lipinski definition) is 1. The highest BCUT2D eigenvalue weighted by molar-refractivity contribution is 5.26. The van der Waals surface area contributed by atoms with Gasteiger partial charge in [0.25, 0.3) is 0 Å². The fraction of sp³-hybridized carbons (Fsp3) is 0.571. The first kappa shape index (κ1) is 12.5. The van der Waals surface area contributed by atoms with E-state index in [2.05, 4.69) is 5.32 Å². The standard InChI is InChI=1S/C14H20FNO/c1-10-7-12(15)4-3-11(10)5-6-16-13-8-14(9-13)17-2/h3-4,7,13-14,16H,5-6,8-9H2,1-2H3. The molecule has 17 heavy (non-hydrogen) atoms. The largest absolute Gasteiger partial charge is 0.381 e. The summed E-state index contributed by atoms with van der Waals surface area (Å²) in [6.45, 7) is 2.91. The van der Waals surface area contributed by atoms with Crippen molar-refractivity contribution < 1.29 is 9.13 Å². The Morgan fingerprint density at radius 2 is 2.18 bits per heavy atom. The maximum atomic E-state index is 12.9. The van der Waals surface area contributed by atoms with Gasteiger partial charge in [0.15, 0.2) is 0 Å². The minimum absolute atomic E-state index is 0.152. The van der Waals surface area contributed by atoms with Crippen molar-refractivity contribution in [1.82, 2.24) is 5.32 Å². The molecule has 94 valence electrons. The molecule has 0 unspecified atom stereocenters. The SMILES string of the molecule is COC1CC(NCCc2ccc(F)cc2C)C1. The van der Waals surface area contributed by atoms with Crippen LogP contribution in [0.4, 0.5) is 4.39 Å². The Morgan fingerprint density at radius 3 is 2.82 bits per heavy atom. The Hall–Kier alpha value is -0.930. The van der Waals surface area contributed by atoms with Gasteiger partial charge in [-0.1, -0.05) is 6.07 Å². The molecule has 0 aliphatic heterocycles. The first-order valence-corrected chi connectivity index (χ1v) is 6.20. The lowest BCUT2D eigenvalue weighted by Crippen LogP contribution is -2.45. The van der Waals surface area contributed by atoms with Gasteiger partial charge in [-0.25, -0.2) is 4.39 Å². The van der Waals surface area contributed by atoms with E-state index >= 15 is 0 Å². The molecule has 1 saturated carbocycles. The first-order valence-electron chi connectivity index (χ1n) is 6.20. The molecule has 0 bridgehead atoms. The number of hydrogen-bond acceptors (Lipinski definition) is 2. The summed E-state index contributed by atoms with van der Waals surface area (Å²) in [6.07, 6.45) is 3.62. The zero-order valence-electron chi connectivity index (χ0n) is 10.5. The number of halogens is 1. The van der Waals surface area contributed by atoms with Crippen LogP contribution in [-0.4, -0.2) is 25.8 Å². The monoisotopic (exact) mass is 237 g/mol. The molecule has 1 aliphatic carbocycles. The van der Waals surface area contributed by atoms with Crippen molar-refractivity contribution in [3.63, 3.8) is 0 Å². The summed E-state index contributed by atoms with van der Waals surface area (Å²) in [4.78, 5) is 0. The van der Waals surface area contributed by atoms with Crippen LogP contribution in [0.1, 0.15) is 24.0 Å². The van der Waals surface area contributed by atoms with Crippen LogP contribution in [-0.2, 0) is 11.2 Å². The average Bonchev–Trinajstić information content (AvgIpc) is 2.24. The van der Waals surface area contributed by atoms with Crippen molar-refractivity contribution in [3.05, 3.63) is 35.1 Å². The zero-order valence-corrected chi connectivity index (χ0v) is 10.5. The van der Waals surface area contributed by atoms with Crippen LogP contribution in [0.15, 0.2) is 18.2 Å². The van der Waals surface area contributed by atoms with Gasteiger partial charge >= 0.3 is 0 Å². The maximum Gasteiger partial charge on any atom is 0.123 e. The predicted molar refractivity (Wildman–Crippen MR) is 66.7 cm³/mol. The lowest BCUT2D eigenvalue weighted by atomic mass is 9.89. The second kappa shape index (κ2) is 5.61. The van der Waals surface area contributed by atoms with E-state index < -0.39 is 0 Å². The van der Waals surface area contributed by atoms with Crippen molar-refractivity contribution in [2.45, 2.75) is 38.3 Å². The molecule has 0 atom stereocenters. The van der Waals surface area contributed by atoms with Crippen LogP contribution >= 0.6 is 0 Å². The van der Waals surface area contributed by atoms with Gasteiger partial charge < -0.3 is 10.1 Å². The highest BCUT2D eigenvalue weighted by atomic mass is 19.1. The molecule has 0 aromatic heterocycles. The van der Waals surface area contributed by atoms with E-state index in [0.717, 1.165) is 31.4 Å². The van der Waals surface area contributed by atoms with Crippen molar-refractivity contribution in [3.8, 4) is 0 Å². The lowest BCUT2D eigenvalue weighted by molar-refractivity contribution is 0.0177. The molecule has 1 aromatic rings. The summed E-state index contributed by atoms with van der Waals surface area (Å²) in [5.74, 6) is -0.152. The smallest absolute Gasteiger partial charge is 0.123 e. The van der Waals surface area contributed by atoms with E-state index in [0.29, 0.717) is 12.1 Å². The molecule has 0 spiro atoms.